The van der Waals surface area contributed by atoms with E-state index in [0.29, 0.717) is 10.9 Å². The number of hydrogen-bond donors (Lipinski definition) is 3. The Morgan fingerprint density at radius 2 is 2.05 bits per heavy atom. The highest BCUT2D eigenvalue weighted by Gasteiger charge is 2.43. The zero-order valence-corrected chi connectivity index (χ0v) is 10.9. The number of aliphatic hydroxyl groups excluding tert-OH is 3. The second-order valence-corrected chi connectivity index (χ2v) is 4.95. The highest BCUT2D eigenvalue weighted by atomic mass is 16.6. The van der Waals surface area contributed by atoms with Crippen molar-refractivity contribution in [3.8, 4) is 0 Å². The van der Waals surface area contributed by atoms with Crippen LogP contribution in [0.4, 0.5) is 5.69 Å². The van der Waals surface area contributed by atoms with Crippen LogP contribution < -0.4 is 0 Å². The van der Waals surface area contributed by atoms with Gasteiger partial charge in [-0.15, -0.1) is 0 Å². The van der Waals surface area contributed by atoms with E-state index in [1.807, 2.05) is 0 Å². The van der Waals surface area contributed by atoms with Crippen molar-refractivity contribution in [3.63, 3.8) is 0 Å². The number of fused-ring (bicyclic) bond motifs is 1. The van der Waals surface area contributed by atoms with Crippen molar-refractivity contribution in [1.29, 1.82) is 0 Å². The Bertz CT molecular complexity index is 684. The molecule has 1 unspecified atom stereocenters. The van der Waals surface area contributed by atoms with Crippen LogP contribution in [0.3, 0.4) is 0 Å². The van der Waals surface area contributed by atoms with Crippen molar-refractivity contribution in [2.75, 3.05) is 6.61 Å². The molecule has 8 nitrogen and oxygen atoms in total. The van der Waals surface area contributed by atoms with Crippen LogP contribution in [-0.2, 0) is 4.74 Å². The van der Waals surface area contributed by atoms with Gasteiger partial charge in [0, 0.05) is 23.7 Å². The molecule has 3 N–H and O–H groups in total. The SMILES string of the molecule is O=[N+]([O-])c1ccc2c(ccn2[C@@H]2O[C@H](CO)C(O)[C@@H]2O)c1. The summed E-state index contributed by atoms with van der Waals surface area (Å²) in [6, 6.07) is 6.01. The monoisotopic (exact) mass is 294 g/mol. The van der Waals surface area contributed by atoms with E-state index in [9.17, 15) is 20.3 Å². The van der Waals surface area contributed by atoms with E-state index in [4.69, 9.17) is 9.84 Å². The topological polar surface area (TPSA) is 118 Å². The zero-order valence-electron chi connectivity index (χ0n) is 10.9. The number of nitrogens with zero attached hydrogens (tertiary/aromatic N) is 2. The van der Waals surface area contributed by atoms with Crippen LogP contribution in [0, 0.1) is 10.1 Å². The summed E-state index contributed by atoms with van der Waals surface area (Å²) < 4.78 is 7.03. The smallest absolute Gasteiger partial charge is 0.270 e. The summed E-state index contributed by atoms with van der Waals surface area (Å²) in [6.45, 7) is -0.403. The first-order valence-electron chi connectivity index (χ1n) is 6.40. The lowest BCUT2D eigenvalue weighted by Crippen LogP contribution is -2.33. The molecule has 1 aliphatic heterocycles. The lowest BCUT2D eigenvalue weighted by atomic mass is 10.1. The van der Waals surface area contributed by atoms with Gasteiger partial charge in [0.1, 0.15) is 18.3 Å². The molecule has 1 aromatic heterocycles. The minimum atomic E-state index is -1.19. The van der Waals surface area contributed by atoms with E-state index in [-0.39, 0.29) is 5.69 Å². The summed E-state index contributed by atoms with van der Waals surface area (Å²) in [6.07, 6.45) is -2.46. The Morgan fingerprint density at radius 1 is 1.29 bits per heavy atom. The van der Waals surface area contributed by atoms with Crippen molar-refractivity contribution in [1.82, 2.24) is 4.57 Å². The van der Waals surface area contributed by atoms with Gasteiger partial charge >= 0.3 is 0 Å². The summed E-state index contributed by atoms with van der Waals surface area (Å²) in [5.74, 6) is 0. The second kappa shape index (κ2) is 5.08. The maximum atomic E-state index is 10.8. The fourth-order valence-electron chi connectivity index (χ4n) is 2.60. The van der Waals surface area contributed by atoms with Crippen molar-refractivity contribution in [2.24, 2.45) is 0 Å². The van der Waals surface area contributed by atoms with Gasteiger partial charge in [0.05, 0.1) is 17.0 Å². The summed E-state index contributed by atoms with van der Waals surface area (Å²) in [4.78, 5) is 10.3. The molecule has 0 aliphatic carbocycles. The molecule has 0 bridgehead atoms. The Hall–Kier alpha value is -2.00. The molecule has 2 aromatic rings. The van der Waals surface area contributed by atoms with Crippen LogP contribution in [0.25, 0.3) is 10.9 Å². The molecule has 2 heterocycles. The Kier molecular flexibility index (Phi) is 3.38. The van der Waals surface area contributed by atoms with Crippen molar-refractivity contribution < 1.29 is 25.0 Å². The molecule has 0 radical (unpaired) electrons. The average molecular weight is 294 g/mol. The summed E-state index contributed by atoms with van der Waals surface area (Å²) in [7, 11) is 0. The molecule has 8 heteroatoms. The Balaban J connectivity index is 2.00. The summed E-state index contributed by atoms with van der Waals surface area (Å²) in [5, 5.41) is 40.3. The zero-order chi connectivity index (χ0) is 15.1. The van der Waals surface area contributed by atoms with Gasteiger partial charge < -0.3 is 24.6 Å². The van der Waals surface area contributed by atoms with Gasteiger partial charge in [-0.1, -0.05) is 0 Å². The minimum absolute atomic E-state index is 0.0265. The van der Waals surface area contributed by atoms with E-state index in [0.717, 1.165) is 0 Å². The van der Waals surface area contributed by atoms with E-state index in [1.54, 1.807) is 22.9 Å². The number of ether oxygens (including phenoxy) is 1. The van der Waals surface area contributed by atoms with Crippen molar-refractivity contribution in [2.45, 2.75) is 24.5 Å². The second-order valence-electron chi connectivity index (χ2n) is 4.95. The molecule has 0 spiro atoms. The number of aromatic nitrogens is 1. The molecule has 4 atom stereocenters. The molecule has 3 rings (SSSR count). The van der Waals surface area contributed by atoms with Crippen LogP contribution in [0.1, 0.15) is 6.23 Å². The molecular formula is C13H14N2O6. The number of nitro benzene ring substituents is 1. The van der Waals surface area contributed by atoms with Crippen LogP contribution in [-0.4, -0.2) is 49.7 Å². The quantitative estimate of drug-likeness (QED) is 0.548. The number of hydrogen-bond acceptors (Lipinski definition) is 6. The maximum absolute atomic E-state index is 10.8. The highest BCUT2D eigenvalue weighted by molar-refractivity contribution is 5.82. The number of benzene rings is 1. The molecule has 1 aliphatic rings. The third kappa shape index (κ3) is 2.18. The van der Waals surface area contributed by atoms with Gasteiger partial charge in [0.15, 0.2) is 6.23 Å². The average Bonchev–Trinajstić information content (AvgIpc) is 3.01. The van der Waals surface area contributed by atoms with Crippen molar-refractivity contribution >= 4 is 16.6 Å². The molecule has 1 saturated heterocycles. The van der Waals surface area contributed by atoms with Crippen molar-refractivity contribution in [3.05, 3.63) is 40.6 Å². The molecular weight excluding hydrogens is 280 g/mol. The maximum Gasteiger partial charge on any atom is 0.270 e. The number of nitro groups is 1. The molecule has 112 valence electrons. The number of aliphatic hydroxyl groups is 3. The molecule has 0 saturated carbocycles. The van der Waals surface area contributed by atoms with Gasteiger partial charge in [-0.05, 0) is 12.1 Å². The first kappa shape index (κ1) is 14.0. The lowest BCUT2D eigenvalue weighted by molar-refractivity contribution is -0.384. The fraction of sp³-hybridized carbons (Fsp3) is 0.385. The van der Waals surface area contributed by atoms with E-state index >= 15 is 0 Å². The Morgan fingerprint density at radius 3 is 2.67 bits per heavy atom. The van der Waals surface area contributed by atoms with Crippen LogP contribution in [0.15, 0.2) is 30.5 Å². The van der Waals surface area contributed by atoms with Gasteiger partial charge in [-0.3, -0.25) is 10.1 Å². The molecule has 21 heavy (non-hydrogen) atoms. The van der Waals surface area contributed by atoms with E-state index in [1.165, 1.54) is 12.1 Å². The summed E-state index contributed by atoms with van der Waals surface area (Å²) >= 11 is 0. The fourth-order valence-corrected chi connectivity index (χ4v) is 2.60. The molecule has 0 amide bonds. The third-order valence-corrected chi connectivity index (χ3v) is 3.71. The molecule has 1 aromatic carbocycles. The highest BCUT2D eigenvalue weighted by Crippen LogP contribution is 2.33. The van der Waals surface area contributed by atoms with E-state index in [2.05, 4.69) is 0 Å². The lowest BCUT2D eigenvalue weighted by Gasteiger charge is -2.17. The van der Waals surface area contributed by atoms with Gasteiger partial charge in [-0.2, -0.15) is 0 Å². The van der Waals surface area contributed by atoms with Crippen LogP contribution >= 0.6 is 0 Å². The largest absolute Gasteiger partial charge is 0.394 e. The van der Waals surface area contributed by atoms with Gasteiger partial charge in [0.2, 0.25) is 0 Å². The van der Waals surface area contributed by atoms with Crippen LogP contribution in [0.2, 0.25) is 0 Å². The predicted molar refractivity (Wildman–Crippen MR) is 71.6 cm³/mol. The first-order valence-corrected chi connectivity index (χ1v) is 6.40. The number of non-ortho nitro benzene ring substituents is 1. The van der Waals surface area contributed by atoms with E-state index < -0.39 is 36.1 Å². The number of rotatable bonds is 3. The summed E-state index contributed by atoms with van der Waals surface area (Å²) in [5.41, 5.74) is 0.608. The minimum Gasteiger partial charge on any atom is -0.394 e. The van der Waals surface area contributed by atoms with Gasteiger partial charge in [0.25, 0.3) is 5.69 Å². The normalized spacial score (nSPS) is 29.1. The third-order valence-electron chi connectivity index (χ3n) is 3.71. The first-order chi connectivity index (χ1) is 10.0. The predicted octanol–water partition coefficient (Wildman–Crippen LogP) is 0.161. The van der Waals surface area contributed by atoms with Gasteiger partial charge in [-0.25, -0.2) is 0 Å². The molecule has 1 fully saturated rings. The standard InChI is InChI=1S/C13H14N2O6/c16-6-10-11(17)12(18)13(21-10)14-4-3-7-5-8(15(19)20)1-2-9(7)14/h1-5,10-13,16-18H,6H2/t10-,11?,12+,13-/m1/s1. The van der Waals surface area contributed by atoms with Crippen LogP contribution in [0.5, 0.6) is 0 Å². The Labute approximate surface area is 119 Å².